The summed E-state index contributed by atoms with van der Waals surface area (Å²) in [5.41, 5.74) is 7.86. The van der Waals surface area contributed by atoms with Crippen LogP contribution in [0.25, 0.3) is 0 Å². The highest BCUT2D eigenvalue weighted by Crippen LogP contribution is 2.19. The number of aliphatic hydroxyl groups excluding tert-OH is 1. The topological polar surface area (TPSA) is 49.5 Å². The average molecular weight is 250 g/mol. The van der Waals surface area contributed by atoms with Gasteiger partial charge >= 0.3 is 0 Å². The number of benzene rings is 1. The number of aliphatic hydroxyl groups is 1. The van der Waals surface area contributed by atoms with Gasteiger partial charge in [-0.1, -0.05) is 36.5 Å². The molecule has 1 atom stereocenters. The minimum atomic E-state index is 0.285. The van der Waals surface area contributed by atoms with Gasteiger partial charge < -0.3 is 10.8 Å². The highest BCUT2D eigenvalue weighted by atomic mass is 32.1. The van der Waals surface area contributed by atoms with Crippen LogP contribution < -0.4 is 5.73 Å². The lowest BCUT2D eigenvalue weighted by Crippen LogP contribution is -2.23. The molecule has 92 valence electrons. The van der Waals surface area contributed by atoms with Crippen molar-refractivity contribution in [1.82, 2.24) is 4.90 Å². The van der Waals surface area contributed by atoms with Gasteiger partial charge in [-0.25, -0.2) is 0 Å². The van der Waals surface area contributed by atoms with Gasteiger partial charge in [-0.05, 0) is 24.4 Å². The smallest absolute Gasteiger partial charge is 0.104 e. The Morgan fingerprint density at radius 2 is 2.24 bits per heavy atom. The van der Waals surface area contributed by atoms with E-state index in [0.29, 0.717) is 10.9 Å². The highest BCUT2D eigenvalue weighted by molar-refractivity contribution is 7.80. The van der Waals surface area contributed by atoms with Crippen LogP contribution in [0.4, 0.5) is 0 Å². The van der Waals surface area contributed by atoms with Crippen LogP contribution in [0, 0.1) is 5.92 Å². The summed E-state index contributed by atoms with van der Waals surface area (Å²) < 4.78 is 0. The van der Waals surface area contributed by atoms with Crippen LogP contribution in [0.15, 0.2) is 24.3 Å². The Morgan fingerprint density at radius 3 is 2.88 bits per heavy atom. The second kappa shape index (κ2) is 5.58. The van der Waals surface area contributed by atoms with E-state index in [1.807, 2.05) is 18.2 Å². The number of likely N-dealkylation sites (tertiary alicyclic amines) is 1. The van der Waals surface area contributed by atoms with Gasteiger partial charge in [0.15, 0.2) is 0 Å². The van der Waals surface area contributed by atoms with Gasteiger partial charge in [0.25, 0.3) is 0 Å². The van der Waals surface area contributed by atoms with E-state index in [2.05, 4.69) is 11.0 Å². The molecule has 0 aliphatic carbocycles. The normalized spacial score (nSPS) is 20.6. The molecule has 0 spiro atoms. The van der Waals surface area contributed by atoms with E-state index in [1.54, 1.807) is 0 Å². The first-order valence-corrected chi connectivity index (χ1v) is 6.32. The minimum absolute atomic E-state index is 0.285. The summed E-state index contributed by atoms with van der Waals surface area (Å²) in [6.45, 7) is 3.15. The van der Waals surface area contributed by atoms with Crippen LogP contribution in [0.3, 0.4) is 0 Å². The largest absolute Gasteiger partial charge is 0.396 e. The molecule has 3 nitrogen and oxygen atoms in total. The quantitative estimate of drug-likeness (QED) is 0.787. The first-order chi connectivity index (χ1) is 8.20. The molecule has 1 aromatic rings. The van der Waals surface area contributed by atoms with Crippen molar-refractivity contribution in [3.63, 3.8) is 0 Å². The fourth-order valence-electron chi connectivity index (χ4n) is 2.34. The standard InChI is InChI=1S/C13H18N2OS/c14-13(17)12-4-2-1-3-11(12)8-15-6-5-10(7-15)9-16/h1-4,10,16H,5-9H2,(H2,14,17). The SMILES string of the molecule is NC(=S)c1ccccc1CN1CCC(CO)C1. The lowest BCUT2D eigenvalue weighted by atomic mass is 10.1. The van der Waals surface area contributed by atoms with Crippen LogP contribution in [-0.4, -0.2) is 34.7 Å². The summed E-state index contributed by atoms with van der Waals surface area (Å²) in [6.07, 6.45) is 1.08. The fraction of sp³-hybridized carbons (Fsp3) is 0.462. The molecule has 0 bridgehead atoms. The molecular weight excluding hydrogens is 232 g/mol. The first kappa shape index (κ1) is 12.5. The summed E-state index contributed by atoms with van der Waals surface area (Å²) in [5, 5.41) is 9.13. The Kier molecular flexibility index (Phi) is 4.10. The molecule has 1 aliphatic rings. The predicted molar refractivity (Wildman–Crippen MR) is 72.8 cm³/mol. The second-order valence-electron chi connectivity index (χ2n) is 4.59. The molecule has 1 saturated heterocycles. The molecule has 1 aliphatic heterocycles. The minimum Gasteiger partial charge on any atom is -0.396 e. The third-order valence-electron chi connectivity index (χ3n) is 3.30. The maximum Gasteiger partial charge on any atom is 0.104 e. The van der Waals surface area contributed by atoms with Crippen LogP contribution in [0.1, 0.15) is 17.5 Å². The van der Waals surface area contributed by atoms with Gasteiger partial charge in [-0.2, -0.15) is 0 Å². The molecule has 4 heteroatoms. The van der Waals surface area contributed by atoms with Gasteiger partial charge in [-0.15, -0.1) is 0 Å². The zero-order valence-electron chi connectivity index (χ0n) is 9.80. The van der Waals surface area contributed by atoms with Gasteiger partial charge in [0.2, 0.25) is 0 Å². The number of thiocarbonyl (C=S) groups is 1. The fourth-order valence-corrected chi connectivity index (χ4v) is 2.54. The van der Waals surface area contributed by atoms with E-state index in [1.165, 1.54) is 5.56 Å². The molecule has 17 heavy (non-hydrogen) atoms. The highest BCUT2D eigenvalue weighted by Gasteiger charge is 2.22. The Labute approximate surface area is 107 Å². The summed E-state index contributed by atoms with van der Waals surface area (Å²) in [5.74, 6) is 0.423. The maximum atomic E-state index is 9.13. The summed E-state index contributed by atoms with van der Waals surface area (Å²) >= 11 is 5.06. The average Bonchev–Trinajstić information content (AvgIpc) is 2.77. The zero-order valence-corrected chi connectivity index (χ0v) is 10.6. The predicted octanol–water partition coefficient (Wildman–Crippen LogP) is 1.14. The molecule has 0 saturated carbocycles. The van der Waals surface area contributed by atoms with Crippen LogP contribution >= 0.6 is 12.2 Å². The van der Waals surface area contributed by atoms with Crippen LogP contribution in [0.5, 0.6) is 0 Å². The summed E-state index contributed by atoms with van der Waals surface area (Å²) in [4.78, 5) is 2.80. The van der Waals surface area contributed by atoms with Crippen molar-refractivity contribution in [2.45, 2.75) is 13.0 Å². The molecular formula is C13H18N2OS. The number of nitrogens with two attached hydrogens (primary N) is 1. The zero-order chi connectivity index (χ0) is 12.3. The number of nitrogens with zero attached hydrogens (tertiary/aromatic N) is 1. The molecule has 0 radical (unpaired) electrons. The molecule has 0 aromatic heterocycles. The van der Waals surface area contributed by atoms with Gasteiger partial charge in [0, 0.05) is 25.3 Å². The third kappa shape index (κ3) is 3.03. The summed E-state index contributed by atoms with van der Waals surface area (Å²) in [6, 6.07) is 8.01. The van der Waals surface area contributed by atoms with Crippen molar-refractivity contribution >= 4 is 17.2 Å². The van der Waals surface area contributed by atoms with Crippen molar-refractivity contribution in [1.29, 1.82) is 0 Å². The maximum absolute atomic E-state index is 9.13. The first-order valence-electron chi connectivity index (χ1n) is 5.91. The Morgan fingerprint density at radius 1 is 1.47 bits per heavy atom. The van der Waals surface area contributed by atoms with Gasteiger partial charge in [-0.3, -0.25) is 4.90 Å². The van der Waals surface area contributed by atoms with E-state index in [0.717, 1.165) is 31.6 Å². The second-order valence-corrected chi connectivity index (χ2v) is 5.03. The summed E-state index contributed by atoms with van der Waals surface area (Å²) in [7, 11) is 0. The number of hydrogen-bond donors (Lipinski definition) is 2. The van der Waals surface area contributed by atoms with Crippen molar-refractivity contribution in [3.05, 3.63) is 35.4 Å². The lowest BCUT2D eigenvalue weighted by Gasteiger charge is -2.17. The van der Waals surface area contributed by atoms with E-state index < -0.39 is 0 Å². The van der Waals surface area contributed by atoms with E-state index in [9.17, 15) is 0 Å². The van der Waals surface area contributed by atoms with Crippen molar-refractivity contribution in [2.24, 2.45) is 11.7 Å². The monoisotopic (exact) mass is 250 g/mol. The molecule has 1 fully saturated rings. The molecule has 0 amide bonds. The Balaban J connectivity index is 2.06. The Hall–Kier alpha value is -0.970. The van der Waals surface area contributed by atoms with Gasteiger partial charge in [0.1, 0.15) is 4.99 Å². The number of rotatable bonds is 4. The molecule has 1 aromatic carbocycles. The molecule has 3 N–H and O–H groups in total. The van der Waals surface area contributed by atoms with Gasteiger partial charge in [0.05, 0.1) is 0 Å². The van der Waals surface area contributed by atoms with Crippen molar-refractivity contribution < 1.29 is 5.11 Å². The number of hydrogen-bond acceptors (Lipinski definition) is 3. The third-order valence-corrected chi connectivity index (χ3v) is 3.52. The molecule has 1 unspecified atom stereocenters. The van der Waals surface area contributed by atoms with E-state index >= 15 is 0 Å². The van der Waals surface area contributed by atoms with Crippen LogP contribution in [-0.2, 0) is 6.54 Å². The molecule has 1 heterocycles. The Bertz CT molecular complexity index is 408. The van der Waals surface area contributed by atoms with Crippen LogP contribution in [0.2, 0.25) is 0 Å². The van der Waals surface area contributed by atoms with Crippen molar-refractivity contribution in [3.8, 4) is 0 Å². The van der Waals surface area contributed by atoms with E-state index in [-0.39, 0.29) is 6.61 Å². The van der Waals surface area contributed by atoms with Crippen molar-refractivity contribution in [2.75, 3.05) is 19.7 Å². The molecule has 2 rings (SSSR count). The van der Waals surface area contributed by atoms with E-state index in [4.69, 9.17) is 23.1 Å². The lowest BCUT2D eigenvalue weighted by molar-refractivity contribution is 0.220.